The first-order valence-electron chi connectivity index (χ1n) is 4.87. The standard InChI is InChI=1S/C12H12O3/c1-8-2-4-9(5-3-8)12(11(14)15)6-10(13)7-12/h2-5H,6-7H2,1H3,(H,14,15). The molecule has 0 unspecified atom stereocenters. The predicted molar refractivity (Wildman–Crippen MR) is 54.7 cm³/mol. The van der Waals surface area contributed by atoms with Gasteiger partial charge in [0.05, 0.1) is 0 Å². The molecule has 0 saturated heterocycles. The van der Waals surface area contributed by atoms with Gasteiger partial charge in [-0.2, -0.15) is 0 Å². The van der Waals surface area contributed by atoms with E-state index in [2.05, 4.69) is 0 Å². The van der Waals surface area contributed by atoms with Crippen LogP contribution in [0.25, 0.3) is 0 Å². The number of Topliss-reactive ketones (excluding diaryl/α,β-unsaturated/α-hetero) is 1. The number of aryl methyl sites for hydroxylation is 1. The van der Waals surface area contributed by atoms with Gasteiger partial charge in [0.1, 0.15) is 11.2 Å². The number of carbonyl (C=O) groups is 2. The Morgan fingerprint density at radius 2 is 1.80 bits per heavy atom. The van der Waals surface area contributed by atoms with E-state index in [0.29, 0.717) is 0 Å². The van der Waals surface area contributed by atoms with Gasteiger partial charge < -0.3 is 5.11 Å². The van der Waals surface area contributed by atoms with E-state index in [1.807, 2.05) is 19.1 Å². The number of carbonyl (C=O) groups excluding carboxylic acids is 1. The van der Waals surface area contributed by atoms with Crippen molar-refractivity contribution in [2.24, 2.45) is 0 Å². The largest absolute Gasteiger partial charge is 0.481 e. The molecule has 0 amide bonds. The number of carboxylic acid groups (broad SMARTS) is 1. The maximum Gasteiger partial charge on any atom is 0.315 e. The number of hydrogen-bond donors (Lipinski definition) is 1. The molecule has 1 fully saturated rings. The van der Waals surface area contributed by atoms with E-state index in [-0.39, 0.29) is 18.6 Å². The van der Waals surface area contributed by atoms with Gasteiger partial charge in [-0.3, -0.25) is 9.59 Å². The molecule has 0 spiro atoms. The monoisotopic (exact) mass is 204 g/mol. The lowest BCUT2D eigenvalue weighted by Gasteiger charge is -2.36. The van der Waals surface area contributed by atoms with Gasteiger partial charge in [-0.1, -0.05) is 29.8 Å². The average molecular weight is 204 g/mol. The predicted octanol–water partition coefficient (Wildman–Crippen LogP) is 1.68. The number of carboxylic acids is 1. The molecule has 1 aliphatic rings. The van der Waals surface area contributed by atoms with Crippen molar-refractivity contribution in [1.29, 1.82) is 0 Å². The van der Waals surface area contributed by atoms with E-state index in [1.165, 1.54) is 0 Å². The minimum atomic E-state index is -0.954. The van der Waals surface area contributed by atoms with Crippen molar-refractivity contribution in [1.82, 2.24) is 0 Å². The summed E-state index contributed by atoms with van der Waals surface area (Å²) < 4.78 is 0. The van der Waals surface area contributed by atoms with Crippen molar-refractivity contribution in [2.75, 3.05) is 0 Å². The summed E-state index contributed by atoms with van der Waals surface area (Å²) in [6.07, 6.45) is 0.261. The lowest BCUT2D eigenvalue weighted by atomic mass is 9.63. The summed E-state index contributed by atoms with van der Waals surface area (Å²) in [4.78, 5) is 22.2. The maximum atomic E-state index is 11.2. The Hall–Kier alpha value is -1.64. The molecule has 1 saturated carbocycles. The van der Waals surface area contributed by atoms with Crippen LogP contribution >= 0.6 is 0 Å². The molecule has 0 bridgehead atoms. The zero-order valence-electron chi connectivity index (χ0n) is 8.49. The minimum absolute atomic E-state index is 0.0259. The van der Waals surface area contributed by atoms with Crippen molar-refractivity contribution >= 4 is 11.8 Å². The second kappa shape index (κ2) is 3.19. The van der Waals surface area contributed by atoms with E-state index in [1.54, 1.807) is 12.1 Å². The highest BCUT2D eigenvalue weighted by atomic mass is 16.4. The molecule has 2 rings (SSSR count). The zero-order chi connectivity index (χ0) is 11.1. The fourth-order valence-electron chi connectivity index (χ4n) is 1.97. The third-order valence-corrected chi connectivity index (χ3v) is 3.01. The van der Waals surface area contributed by atoms with E-state index in [9.17, 15) is 14.7 Å². The third kappa shape index (κ3) is 1.44. The molecule has 1 aliphatic carbocycles. The fourth-order valence-corrected chi connectivity index (χ4v) is 1.97. The molecule has 1 N–H and O–H groups in total. The first kappa shape index (κ1) is 9.90. The van der Waals surface area contributed by atoms with Crippen LogP contribution in [0.4, 0.5) is 0 Å². The summed E-state index contributed by atoms with van der Waals surface area (Å²) in [5.74, 6) is -0.871. The van der Waals surface area contributed by atoms with E-state index in [0.717, 1.165) is 11.1 Å². The Morgan fingerprint density at radius 3 is 2.20 bits per heavy atom. The van der Waals surface area contributed by atoms with Crippen LogP contribution in [0, 0.1) is 6.92 Å². The smallest absolute Gasteiger partial charge is 0.315 e. The number of hydrogen-bond acceptors (Lipinski definition) is 2. The molecule has 0 radical (unpaired) electrons. The lowest BCUT2D eigenvalue weighted by molar-refractivity contribution is -0.153. The molecule has 0 aromatic heterocycles. The van der Waals surface area contributed by atoms with Crippen LogP contribution in [0.3, 0.4) is 0 Å². The molecule has 0 aliphatic heterocycles. The van der Waals surface area contributed by atoms with Crippen molar-refractivity contribution in [3.63, 3.8) is 0 Å². The second-order valence-electron chi connectivity index (χ2n) is 4.15. The van der Waals surface area contributed by atoms with Gasteiger partial charge in [0.15, 0.2) is 0 Å². The molecule has 78 valence electrons. The quantitative estimate of drug-likeness (QED) is 0.797. The van der Waals surface area contributed by atoms with E-state index in [4.69, 9.17) is 0 Å². The van der Waals surface area contributed by atoms with Gasteiger partial charge >= 0.3 is 5.97 Å². The topological polar surface area (TPSA) is 54.4 Å². The lowest BCUT2D eigenvalue weighted by Crippen LogP contribution is -2.48. The number of benzene rings is 1. The van der Waals surface area contributed by atoms with Crippen molar-refractivity contribution < 1.29 is 14.7 Å². The highest BCUT2D eigenvalue weighted by Gasteiger charge is 2.51. The first-order valence-corrected chi connectivity index (χ1v) is 4.87. The number of rotatable bonds is 2. The average Bonchev–Trinajstić information content (AvgIpc) is 2.13. The molecular formula is C12H12O3. The summed E-state index contributed by atoms with van der Waals surface area (Å²) in [5, 5.41) is 9.17. The Morgan fingerprint density at radius 1 is 1.27 bits per heavy atom. The minimum Gasteiger partial charge on any atom is -0.481 e. The molecule has 3 nitrogen and oxygen atoms in total. The van der Waals surface area contributed by atoms with Crippen LogP contribution in [0.5, 0.6) is 0 Å². The van der Waals surface area contributed by atoms with Gasteiger partial charge in [0, 0.05) is 12.8 Å². The third-order valence-electron chi connectivity index (χ3n) is 3.01. The van der Waals surface area contributed by atoms with E-state index >= 15 is 0 Å². The molecule has 0 atom stereocenters. The molecule has 1 aromatic carbocycles. The number of aliphatic carboxylic acids is 1. The van der Waals surface area contributed by atoms with Crippen molar-refractivity contribution in [3.05, 3.63) is 35.4 Å². The Kier molecular flexibility index (Phi) is 2.11. The van der Waals surface area contributed by atoms with Crippen LogP contribution in [0.15, 0.2) is 24.3 Å². The van der Waals surface area contributed by atoms with Gasteiger partial charge in [-0.25, -0.2) is 0 Å². The summed E-state index contributed by atoms with van der Waals surface area (Å²) in [6.45, 7) is 1.95. The Labute approximate surface area is 87.7 Å². The summed E-state index contributed by atoms with van der Waals surface area (Å²) in [6, 6.07) is 7.36. The van der Waals surface area contributed by atoms with Gasteiger partial charge in [-0.15, -0.1) is 0 Å². The van der Waals surface area contributed by atoms with Crippen LogP contribution in [-0.4, -0.2) is 16.9 Å². The Balaban J connectivity index is 2.38. The van der Waals surface area contributed by atoms with Crippen LogP contribution < -0.4 is 0 Å². The summed E-state index contributed by atoms with van der Waals surface area (Å²) in [5.41, 5.74) is 0.871. The van der Waals surface area contributed by atoms with Crippen molar-refractivity contribution in [3.8, 4) is 0 Å². The second-order valence-corrected chi connectivity index (χ2v) is 4.15. The SMILES string of the molecule is Cc1ccc(C2(C(=O)O)CC(=O)C2)cc1. The van der Waals surface area contributed by atoms with Crippen LogP contribution in [-0.2, 0) is 15.0 Å². The van der Waals surface area contributed by atoms with Gasteiger partial charge in [-0.05, 0) is 12.5 Å². The van der Waals surface area contributed by atoms with Crippen LogP contribution in [0.2, 0.25) is 0 Å². The molecule has 15 heavy (non-hydrogen) atoms. The van der Waals surface area contributed by atoms with Gasteiger partial charge in [0.2, 0.25) is 0 Å². The van der Waals surface area contributed by atoms with Gasteiger partial charge in [0.25, 0.3) is 0 Å². The van der Waals surface area contributed by atoms with Crippen LogP contribution in [0.1, 0.15) is 24.0 Å². The fraction of sp³-hybridized carbons (Fsp3) is 0.333. The molecule has 1 aromatic rings. The number of ketones is 1. The van der Waals surface area contributed by atoms with Crippen molar-refractivity contribution in [2.45, 2.75) is 25.2 Å². The summed E-state index contributed by atoms with van der Waals surface area (Å²) in [7, 11) is 0. The molecular weight excluding hydrogens is 192 g/mol. The summed E-state index contributed by atoms with van der Waals surface area (Å²) >= 11 is 0. The first-order chi connectivity index (χ1) is 7.04. The highest BCUT2D eigenvalue weighted by Crippen LogP contribution is 2.41. The highest BCUT2D eigenvalue weighted by molar-refractivity contribution is 6.01. The molecule has 0 heterocycles. The molecule has 3 heteroatoms. The van der Waals surface area contributed by atoms with E-state index < -0.39 is 11.4 Å². The normalized spacial score (nSPS) is 18.3. The Bertz CT molecular complexity index is 409. The zero-order valence-corrected chi connectivity index (χ0v) is 8.49. The maximum absolute atomic E-state index is 11.2.